The molecule has 3 rings (SSSR count). The third-order valence-electron chi connectivity index (χ3n) is 5.82. The summed E-state index contributed by atoms with van der Waals surface area (Å²) >= 11 is 0. The number of aliphatic hydroxyl groups is 1. The van der Waals surface area contributed by atoms with Crippen LogP contribution in [0.5, 0.6) is 5.75 Å². The van der Waals surface area contributed by atoms with Crippen LogP contribution in [0.1, 0.15) is 69.6 Å². The number of halogens is 1. The minimum Gasteiger partial charge on any atom is -0.493 e. The third kappa shape index (κ3) is 6.90. The second-order valence-corrected chi connectivity index (χ2v) is 9.77. The minimum atomic E-state index is -0.640. The molecule has 1 aromatic carbocycles. The zero-order valence-corrected chi connectivity index (χ0v) is 19.9. The van der Waals surface area contributed by atoms with Crippen LogP contribution in [0.25, 0.3) is 0 Å². The molecule has 0 radical (unpaired) electrons. The van der Waals surface area contributed by atoms with Crippen molar-refractivity contribution >= 4 is 11.9 Å². The monoisotopic (exact) mass is 462 g/mol. The lowest BCUT2D eigenvalue weighted by molar-refractivity contribution is 0.0918. The molecule has 33 heavy (non-hydrogen) atoms. The molecule has 0 aliphatic carbocycles. The first-order chi connectivity index (χ1) is 15.7. The molecule has 182 valence electrons. The number of aromatic nitrogens is 2. The minimum absolute atomic E-state index is 0.0642. The molecular weight excluding hydrogens is 427 g/mol. The number of amides is 1. The molecule has 2 aromatic rings. The molecule has 2 heterocycles. The van der Waals surface area contributed by atoms with Gasteiger partial charge in [-0.2, -0.15) is 4.98 Å². The molecule has 1 saturated heterocycles. The van der Waals surface area contributed by atoms with Gasteiger partial charge in [0.1, 0.15) is 11.6 Å². The fourth-order valence-corrected chi connectivity index (χ4v) is 3.75. The Balaban J connectivity index is 1.38. The van der Waals surface area contributed by atoms with Gasteiger partial charge in [0, 0.05) is 30.6 Å². The van der Waals surface area contributed by atoms with Crippen molar-refractivity contribution in [3.05, 3.63) is 35.5 Å². The van der Waals surface area contributed by atoms with Crippen LogP contribution in [0.15, 0.2) is 22.7 Å². The molecular formula is C24H35FN4O4. The molecule has 8 nitrogen and oxygen atoms in total. The molecule has 0 unspecified atom stereocenters. The molecule has 1 atom stereocenters. The second kappa shape index (κ2) is 11.0. The van der Waals surface area contributed by atoms with E-state index in [-0.39, 0.29) is 17.6 Å². The van der Waals surface area contributed by atoms with Crippen LogP contribution in [-0.2, 0) is 5.41 Å². The van der Waals surface area contributed by atoms with Gasteiger partial charge in [-0.05, 0) is 55.8 Å². The summed E-state index contributed by atoms with van der Waals surface area (Å²) in [6.45, 7) is 9.89. The maximum absolute atomic E-state index is 14.3. The first-order valence-electron chi connectivity index (χ1n) is 11.6. The van der Waals surface area contributed by atoms with E-state index in [1.165, 1.54) is 12.1 Å². The summed E-state index contributed by atoms with van der Waals surface area (Å²) in [7, 11) is 0. The Kier molecular flexibility index (Phi) is 8.29. The maximum Gasteiger partial charge on any atom is 0.266 e. The molecule has 0 saturated carbocycles. The maximum atomic E-state index is 14.3. The smallest absolute Gasteiger partial charge is 0.266 e. The van der Waals surface area contributed by atoms with Crippen LogP contribution in [0.3, 0.4) is 0 Å². The van der Waals surface area contributed by atoms with Gasteiger partial charge in [-0.1, -0.05) is 20.8 Å². The van der Waals surface area contributed by atoms with Gasteiger partial charge in [-0.3, -0.25) is 4.79 Å². The standard InChI is InChI=1S/C24H35FN4O4/c1-16(15-30)26-21(31)19-8-7-18(14-20(19)25)32-13-5-6-17-9-11-29(12-10-17)23-27-22(33-28-23)24(2,3)4/h7-8,14,16-17,30H,5-6,9-13,15H2,1-4H3,(H,26,31)/t16-/m1/s1. The molecule has 9 heteroatoms. The Hall–Kier alpha value is -2.68. The molecule has 1 aromatic heterocycles. The van der Waals surface area contributed by atoms with Gasteiger partial charge in [-0.25, -0.2) is 4.39 Å². The predicted octanol–water partition coefficient (Wildman–Crippen LogP) is 3.69. The lowest BCUT2D eigenvalue weighted by atomic mass is 9.92. The highest BCUT2D eigenvalue weighted by Gasteiger charge is 2.26. The Labute approximate surface area is 194 Å². The highest BCUT2D eigenvalue weighted by molar-refractivity contribution is 5.94. The van der Waals surface area contributed by atoms with Gasteiger partial charge < -0.3 is 24.6 Å². The van der Waals surface area contributed by atoms with Crippen molar-refractivity contribution in [1.82, 2.24) is 15.5 Å². The van der Waals surface area contributed by atoms with E-state index in [0.717, 1.165) is 38.8 Å². The summed E-state index contributed by atoms with van der Waals surface area (Å²) in [6.07, 6.45) is 4.03. The van der Waals surface area contributed by atoms with Crippen molar-refractivity contribution in [1.29, 1.82) is 0 Å². The van der Waals surface area contributed by atoms with Crippen molar-refractivity contribution in [2.75, 3.05) is 31.2 Å². The Morgan fingerprint density at radius 2 is 2.09 bits per heavy atom. The van der Waals surface area contributed by atoms with Crippen molar-refractivity contribution in [3.63, 3.8) is 0 Å². The van der Waals surface area contributed by atoms with E-state index < -0.39 is 17.8 Å². The number of carbonyl (C=O) groups is 1. The second-order valence-electron chi connectivity index (χ2n) is 9.77. The first kappa shape index (κ1) is 25.0. The number of nitrogens with zero attached hydrogens (tertiary/aromatic N) is 3. The molecule has 1 aliphatic rings. The number of benzene rings is 1. The van der Waals surface area contributed by atoms with E-state index in [1.54, 1.807) is 13.0 Å². The summed E-state index contributed by atoms with van der Waals surface area (Å²) in [5, 5.41) is 15.7. The Morgan fingerprint density at radius 1 is 1.36 bits per heavy atom. The van der Waals surface area contributed by atoms with Gasteiger partial charge in [-0.15, -0.1) is 0 Å². The molecule has 1 fully saturated rings. The van der Waals surface area contributed by atoms with Gasteiger partial charge >= 0.3 is 0 Å². The lowest BCUT2D eigenvalue weighted by Crippen LogP contribution is -2.35. The van der Waals surface area contributed by atoms with Crippen LogP contribution in [0, 0.1) is 11.7 Å². The topological polar surface area (TPSA) is 101 Å². The van der Waals surface area contributed by atoms with Crippen LogP contribution in [0.2, 0.25) is 0 Å². The first-order valence-corrected chi connectivity index (χ1v) is 11.6. The molecule has 1 aliphatic heterocycles. The van der Waals surface area contributed by atoms with Crippen LogP contribution in [-0.4, -0.2) is 53.5 Å². The van der Waals surface area contributed by atoms with Crippen molar-refractivity contribution in [3.8, 4) is 5.75 Å². The summed E-state index contributed by atoms with van der Waals surface area (Å²) in [4.78, 5) is 18.7. The molecule has 1 amide bonds. The number of anilines is 1. The number of piperidine rings is 1. The Morgan fingerprint density at radius 3 is 2.70 bits per heavy atom. The molecule has 0 spiro atoms. The number of nitrogens with one attached hydrogen (secondary N) is 1. The van der Waals surface area contributed by atoms with Gasteiger partial charge in [0.25, 0.3) is 11.9 Å². The van der Waals surface area contributed by atoms with Crippen LogP contribution >= 0.6 is 0 Å². The number of aliphatic hydroxyl groups excluding tert-OH is 1. The van der Waals surface area contributed by atoms with Crippen LogP contribution in [0.4, 0.5) is 10.3 Å². The molecule has 0 bridgehead atoms. The number of carbonyl (C=O) groups excluding carboxylic acids is 1. The normalized spacial score (nSPS) is 16.0. The van der Waals surface area contributed by atoms with Crippen molar-refractivity contribution < 1.29 is 23.6 Å². The van der Waals surface area contributed by atoms with Gasteiger partial charge in [0.05, 0.1) is 18.8 Å². The lowest BCUT2D eigenvalue weighted by Gasteiger charge is -2.30. The number of hydrogen-bond donors (Lipinski definition) is 2. The average Bonchev–Trinajstić information content (AvgIpc) is 3.28. The van der Waals surface area contributed by atoms with Crippen LogP contribution < -0.4 is 15.0 Å². The van der Waals surface area contributed by atoms with E-state index in [4.69, 9.17) is 14.4 Å². The Bertz CT molecular complexity index is 919. The van der Waals surface area contributed by atoms with E-state index >= 15 is 0 Å². The van der Waals surface area contributed by atoms with E-state index in [1.807, 2.05) is 0 Å². The number of rotatable bonds is 9. The summed E-state index contributed by atoms with van der Waals surface area (Å²) < 4.78 is 25.4. The fraction of sp³-hybridized carbons (Fsp3) is 0.625. The van der Waals surface area contributed by atoms with E-state index in [2.05, 4.69) is 41.1 Å². The summed E-state index contributed by atoms with van der Waals surface area (Å²) in [6, 6.07) is 3.79. The van der Waals surface area contributed by atoms with Crippen molar-refractivity contribution in [2.24, 2.45) is 5.92 Å². The zero-order valence-electron chi connectivity index (χ0n) is 19.9. The highest BCUT2D eigenvalue weighted by Crippen LogP contribution is 2.27. The molecule has 2 N–H and O–H groups in total. The van der Waals surface area contributed by atoms with E-state index in [9.17, 15) is 9.18 Å². The fourth-order valence-electron chi connectivity index (χ4n) is 3.75. The van der Waals surface area contributed by atoms with Gasteiger partial charge in [0.15, 0.2) is 0 Å². The summed E-state index contributed by atoms with van der Waals surface area (Å²) in [5.41, 5.74) is -0.219. The van der Waals surface area contributed by atoms with Crippen molar-refractivity contribution in [2.45, 2.75) is 64.8 Å². The third-order valence-corrected chi connectivity index (χ3v) is 5.82. The average molecular weight is 463 g/mol. The van der Waals surface area contributed by atoms with Gasteiger partial charge in [0.2, 0.25) is 5.89 Å². The zero-order chi connectivity index (χ0) is 24.0. The SMILES string of the molecule is C[C@H](CO)NC(=O)c1ccc(OCCCC2CCN(c3noc(C(C)(C)C)n3)CC2)cc1F. The highest BCUT2D eigenvalue weighted by atomic mass is 19.1. The number of hydrogen-bond acceptors (Lipinski definition) is 7. The largest absolute Gasteiger partial charge is 0.493 e. The van der Waals surface area contributed by atoms with E-state index in [0.29, 0.717) is 30.1 Å². The predicted molar refractivity (Wildman–Crippen MR) is 123 cm³/mol. The number of ether oxygens (including phenoxy) is 1. The summed E-state index contributed by atoms with van der Waals surface area (Å²) in [5.74, 6) is 1.14. The quantitative estimate of drug-likeness (QED) is 0.548.